The minimum Gasteiger partial charge on any atom is -0.325 e. The number of nitrogens with zero attached hydrogens (tertiary/aromatic N) is 2. The Balaban J connectivity index is 1.96. The first-order valence-corrected chi connectivity index (χ1v) is 7.64. The van der Waals surface area contributed by atoms with E-state index in [2.05, 4.69) is 10.3 Å². The number of rotatable bonds is 3. The first-order valence-electron chi connectivity index (χ1n) is 7.64. The third-order valence-corrected chi connectivity index (χ3v) is 3.76. The van der Waals surface area contributed by atoms with Crippen LogP contribution >= 0.6 is 0 Å². The highest BCUT2D eigenvalue weighted by Crippen LogP contribution is 2.31. The molecule has 2 aromatic carbocycles. The number of fused-ring (bicyclic) bond motifs is 1. The Morgan fingerprint density at radius 3 is 2.52 bits per heavy atom. The molecular formula is C18H16F3N3O. The number of carbonyl (C=O) groups is 1. The maximum Gasteiger partial charge on any atom is 0.449 e. The summed E-state index contributed by atoms with van der Waals surface area (Å²) in [7, 11) is 0. The molecule has 0 aliphatic rings. The molecule has 0 bridgehead atoms. The van der Waals surface area contributed by atoms with E-state index in [9.17, 15) is 18.0 Å². The lowest BCUT2D eigenvalue weighted by atomic mass is 10.2. The van der Waals surface area contributed by atoms with Gasteiger partial charge in [0.2, 0.25) is 11.7 Å². The van der Waals surface area contributed by atoms with E-state index >= 15 is 0 Å². The summed E-state index contributed by atoms with van der Waals surface area (Å²) in [5.41, 5.74) is 2.77. The highest BCUT2D eigenvalue weighted by atomic mass is 19.4. The maximum absolute atomic E-state index is 13.3. The Hall–Kier alpha value is -2.83. The van der Waals surface area contributed by atoms with Crippen molar-refractivity contribution in [3.8, 4) is 0 Å². The van der Waals surface area contributed by atoms with Gasteiger partial charge in [-0.2, -0.15) is 13.2 Å². The Labute approximate surface area is 142 Å². The molecule has 4 nitrogen and oxygen atoms in total. The number of aromatic nitrogens is 2. The van der Waals surface area contributed by atoms with Gasteiger partial charge < -0.3 is 9.88 Å². The van der Waals surface area contributed by atoms with Crippen molar-refractivity contribution in [3.05, 3.63) is 59.4 Å². The molecule has 0 fully saturated rings. The smallest absolute Gasteiger partial charge is 0.325 e. The Morgan fingerprint density at radius 1 is 1.12 bits per heavy atom. The van der Waals surface area contributed by atoms with Crippen molar-refractivity contribution in [3.63, 3.8) is 0 Å². The van der Waals surface area contributed by atoms with Gasteiger partial charge in [-0.3, -0.25) is 4.79 Å². The number of alkyl halides is 3. The number of nitrogens with one attached hydrogen (secondary N) is 1. The van der Waals surface area contributed by atoms with Crippen molar-refractivity contribution in [1.29, 1.82) is 0 Å². The van der Waals surface area contributed by atoms with E-state index in [4.69, 9.17) is 0 Å². The number of anilines is 1. The molecule has 0 unspecified atom stereocenters. The van der Waals surface area contributed by atoms with E-state index in [-0.39, 0.29) is 11.0 Å². The first kappa shape index (κ1) is 17.0. The van der Waals surface area contributed by atoms with Crippen LogP contribution in [0.3, 0.4) is 0 Å². The predicted octanol–water partition coefficient (Wildman–Crippen LogP) is 4.31. The van der Waals surface area contributed by atoms with E-state index in [0.717, 1.165) is 15.7 Å². The van der Waals surface area contributed by atoms with Crippen molar-refractivity contribution < 1.29 is 18.0 Å². The number of benzene rings is 2. The van der Waals surface area contributed by atoms with Gasteiger partial charge in [-0.25, -0.2) is 4.98 Å². The average Bonchev–Trinajstić information content (AvgIpc) is 2.85. The molecule has 130 valence electrons. The number of carbonyl (C=O) groups excluding carboxylic acids is 1. The van der Waals surface area contributed by atoms with Gasteiger partial charge in [0.25, 0.3) is 0 Å². The molecule has 3 aromatic rings. The Morgan fingerprint density at radius 2 is 1.84 bits per heavy atom. The number of hydrogen-bond donors (Lipinski definition) is 1. The molecule has 7 heteroatoms. The van der Waals surface area contributed by atoms with E-state index in [0.29, 0.717) is 5.69 Å². The molecule has 0 spiro atoms. The predicted molar refractivity (Wildman–Crippen MR) is 89.3 cm³/mol. The number of hydrogen-bond acceptors (Lipinski definition) is 2. The normalized spacial score (nSPS) is 11.7. The zero-order chi connectivity index (χ0) is 18.2. The second-order valence-corrected chi connectivity index (χ2v) is 5.93. The molecule has 0 aliphatic heterocycles. The Kier molecular flexibility index (Phi) is 4.24. The fourth-order valence-electron chi connectivity index (χ4n) is 2.68. The molecule has 0 aliphatic carbocycles. The van der Waals surface area contributed by atoms with Crippen LogP contribution in [0.15, 0.2) is 42.5 Å². The maximum atomic E-state index is 13.3. The third kappa shape index (κ3) is 3.65. The largest absolute Gasteiger partial charge is 0.449 e. The molecule has 1 heterocycles. The summed E-state index contributed by atoms with van der Waals surface area (Å²) in [6.07, 6.45) is -4.64. The van der Waals surface area contributed by atoms with Crippen molar-refractivity contribution in [2.75, 3.05) is 5.32 Å². The lowest BCUT2D eigenvalue weighted by Gasteiger charge is -2.12. The number of aryl methyl sites for hydroxylation is 2. The fraction of sp³-hybridized carbons (Fsp3) is 0.222. The quantitative estimate of drug-likeness (QED) is 0.767. The van der Waals surface area contributed by atoms with Gasteiger partial charge in [0.05, 0.1) is 11.0 Å². The first-order chi connectivity index (χ1) is 11.7. The number of amides is 1. The van der Waals surface area contributed by atoms with Crippen molar-refractivity contribution in [2.24, 2.45) is 0 Å². The van der Waals surface area contributed by atoms with E-state index in [1.807, 2.05) is 13.0 Å². The van der Waals surface area contributed by atoms with Crippen molar-refractivity contribution in [2.45, 2.75) is 26.6 Å². The average molecular weight is 347 g/mol. The molecule has 25 heavy (non-hydrogen) atoms. The van der Waals surface area contributed by atoms with E-state index in [1.165, 1.54) is 6.07 Å². The van der Waals surface area contributed by atoms with Crippen molar-refractivity contribution >= 4 is 22.6 Å². The zero-order valence-corrected chi connectivity index (χ0v) is 13.7. The van der Waals surface area contributed by atoms with Crippen LogP contribution < -0.4 is 5.32 Å². The van der Waals surface area contributed by atoms with Crippen molar-refractivity contribution in [1.82, 2.24) is 9.55 Å². The zero-order valence-electron chi connectivity index (χ0n) is 13.7. The van der Waals surface area contributed by atoms with Crippen LogP contribution in [0.1, 0.15) is 17.0 Å². The molecule has 0 saturated heterocycles. The second-order valence-electron chi connectivity index (χ2n) is 5.93. The molecule has 0 atom stereocenters. The van der Waals surface area contributed by atoms with Crippen LogP contribution in [0, 0.1) is 13.8 Å². The second kappa shape index (κ2) is 6.23. The lowest BCUT2D eigenvalue weighted by molar-refractivity contribution is -0.147. The summed E-state index contributed by atoms with van der Waals surface area (Å²) in [6.45, 7) is 3.17. The standard InChI is InChI=1S/C18H16F3N3O/c1-11-4-3-5-13(8-11)22-16(25)10-24-15-9-12(2)6-7-14(15)23-17(24)18(19,20)21/h3-9H,10H2,1-2H3,(H,22,25). The summed E-state index contributed by atoms with van der Waals surface area (Å²) in [6, 6.07) is 11.9. The highest BCUT2D eigenvalue weighted by molar-refractivity contribution is 5.92. The number of imidazole rings is 1. The summed E-state index contributed by atoms with van der Waals surface area (Å²) >= 11 is 0. The van der Waals surface area contributed by atoms with Gasteiger partial charge in [-0.15, -0.1) is 0 Å². The van der Waals surface area contributed by atoms with Gasteiger partial charge >= 0.3 is 6.18 Å². The van der Waals surface area contributed by atoms with Gasteiger partial charge in [0, 0.05) is 5.69 Å². The molecule has 1 amide bonds. The molecule has 0 radical (unpaired) electrons. The molecular weight excluding hydrogens is 331 g/mol. The minimum atomic E-state index is -4.64. The van der Waals surface area contributed by atoms with Crippen LogP contribution in [0.4, 0.5) is 18.9 Å². The topological polar surface area (TPSA) is 46.9 Å². The summed E-state index contributed by atoms with van der Waals surface area (Å²) in [4.78, 5) is 15.9. The third-order valence-electron chi connectivity index (χ3n) is 3.76. The van der Waals surface area contributed by atoms with Crippen LogP contribution in [0.5, 0.6) is 0 Å². The summed E-state index contributed by atoms with van der Waals surface area (Å²) < 4.78 is 40.8. The minimum absolute atomic E-state index is 0.210. The monoisotopic (exact) mass is 347 g/mol. The molecule has 1 aromatic heterocycles. The van der Waals surface area contributed by atoms with Gasteiger partial charge in [-0.1, -0.05) is 18.2 Å². The van der Waals surface area contributed by atoms with Gasteiger partial charge in [0.15, 0.2) is 0 Å². The summed E-state index contributed by atoms with van der Waals surface area (Å²) in [5, 5.41) is 2.62. The van der Waals surface area contributed by atoms with Gasteiger partial charge in [-0.05, 0) is 49.2 Å². The number of halogens is 3. The van der Waals surface area contributed by atoms with E-state index < -0.39 is 24.5 Å². The Bertz CT molecular complexity index is 944. The SMILES string of the molecule is Cc1cccc(NC(=O)Cn2c(C(F)(F)F)nc3ccc(C)cc32)c1. The highest BCUT2D eigenvalue weighted by Gasteiger charge is 2.38. The molecule has 0 saturated carbocycles. The fourth-order valence-corrected chi connectivity index (χ4v) is 2.68. The molecule has 3 rings (SSSR count). The van der Waals surface area contributed by atoms with Gasteiger partial charge in [0.1, 0.15) is 6.54 Å². The summed E-state index contributed by atoms with van der Waals surface area (Å²) in [5.74, 6) is -1.62. The van der Waals surface area contributed by atoms with Crippen LogP contribution in [0.25, 0.3) is 11.0 Å². The molecule has 1 N–H and O–H groups in total. The van der Waals surface area contributed by atoms with Crippen LogP contribution in [0.2, 0.25) is 0 Å². The van der Waals surface area contributed by atoms with E-state index in [1.54, 1.807) is 37.3 Å². The lowest BCUT2D eigenvalue weighted by Crippen LogP contribution is -2.23. The van der Waals surface area contributed by atoms with Crippen LogP contribution in [-0.2, 0) is 17.5 Å². The van der Waals surface area contributed by atoms with Crippen LogP contribution in [-0.4, -0.2) is 15.5 Å².